The number of benzene rings is 2. The Balaban J connectivity index is 1.92. The molecular weight excluding hydrogens is 492 g/mol. The predicted molar refractivity (Wildman–Crippen MR) is 155 cm³/mol. The van der Waals surface area contributed by atoms with Gasteiger partial charge in [-0.1, -0.05) is 108 Å². The summed E-state index contributed by atoms with van der Waals surface area (Å²) in [7, 11) is 0. The molecular formula is C32H38N2O3S. The van der Waals surface area contributed by atoms with Crippen LogP contribution in [0.5, 0.6) is 0 Å². The molecule has 0 radical (unpaired) electrons. The molecule has 1 aliphatic heterocycles. The number of fused-ring (bicyclic) bond motifs is 1. The number of carbonyl (C=O) groups is 1. The molecule has 2 heterocycles. The minimum absolute atomic E-state index is 0.0577. The van der Waals surface area contributed by atoms with Crippen molar-refractivity contribution in [3.63, 3.8) is 0 Å². The largest absolute Gasteiger partial charge is 0.463 e. The van der Waals surface area contributed by atoms with E-state index in [1.807, 2.05) is 30.3 Å². The van der Waals surface area contributed by atoms with Crippen molar-refractivity contribution in [1.29, 1.82) is 0 Å². The van der Waals surface area contributed by atoms with Gasteiger partial charge in [-0.05, 0) is 53.0 Å². The molecule has 0 bridgehead atoms. The molecule has 0 N–H and O–H groups in total. The van der Waals surface area contributed by atoms with Gasteiger partial charge in [-0.3, -0.25) is 9.36 Å². The molecule has 4 rings (SSSR count). The monoisotopic (exact) mass is 530 g/mol. The fourth-order valence-corrected chi connectivity index (χ4v) is 5.75. The van der Waals surface area contributed by atoms with Gasteiger partial charge in [-0.25, -0.2) is 9.79 Å². The molecule has 0 saturated carbocycles. The number of carbonyl (C=O) groups excluding carboxylic acids is 1. The lowest BCUT2D eigenvalue weighted by Crippen LogP contribution is -2.40. The summed E-state index contributed by atoms with van der Waals surface area (Å²) in [5, 5.41) is 0. The van der Waals surface area contributed by atoms with Gasteiger partial charge in [-0.2, -0.15) is 0 Å². The van der Waals surface area contributed by atoms with Gasteiger partial charge in [-0.15, -0.1) is 0 Å². The highest BCUT2D eigenvalue weighted by Crippen LogP contribution is 2.33. The summed E-state index contributed by atoms with van der Waals surface area (Å²) >= 11 is 1.37. The fraction of sp³-hybridized carbons (Fsp3) is 0.406. The first-order chi connectivity index (χ1) is 18.0. The van der Waals surface area contributed by atoms with Gasteiger partial charge in [0.2, 0.25) is 0 Å². The van der Waals surface area contributed by atoms with Crippen LogP contribution in [0.25, 0.3) is 6.08 Å². The number of nitrogens with zero attached hydrogens (tertiary/aromatic N) is 2. The maximum atomic E-state index is 13.9. The van der Waals surface area contributed by atoms with E-state index >= 15 is 0 Å². The first-order valence-corrected chi connectivity index (χ1v) is 14.3. The van der Waals surface area contributed by atoms with E-state index in [-0.39, 0.29) is 17.6 Å². The summed E-state index contributed by atoms with van der Waals surface area (Å²) < 4.78 is 7.76. The summed E-state index contributed by atoms with van der Waals surface area (Å²) in [6.45, 7) is 15.0. The van der Waals surface area contributed by atoms with Crippen molar-refractivity contribution < 1.29 is 9.53 Å². The van der Waals surface area contributed by atoms with Gasteiger partial charge < -0.3 is 4.74 Å². The number of hydrogen-bond donors (Lipinski definition) is 0. The Morgan fingerprint density at radius 3 is 2.29 bits per heavy atom. The number of rotatable bonds is 7. The number of aromatic nitrogens is 1. The molecule has 38 heavy (non-hydrogen) atoms. The second kappa shape index (κ2) is 11.2. The first-order valence-electron chi connectivity index (χ1n) is 13.5. The van der Waals surface area contributed by atoms with E-state index in [0.29, 0.717) is 32.9 Å². The highest BCUT2D eigenvalue weighted by atomic mass is 32.1. The molecule has 0 saturated heterocycles. The van der Waals surface area contributed by atoms with Gasteiger partial charge in [0.05, 0.1) is 28.5 Å². The second-order valence-electron chi connectivity index (χ2n) is 11.1. The van der Waals surface area contributed by atoms with Crippen LogP contribution in [0.2, 0.25) is 0 Å². The molecule has 5 nitrogen and oxygen atoms in total. The Labute approximate surface area is 229 Å². The van der Waals surface area contributed by atoms with Crippen LogP contribution in [0.1, 0.15) is 95.5 Å². The third-order valence-electron chi connectivity index (χ3n) is 6.89. The lowest BCUT2D eigenvalue weighted by Gasteiger charge is -2.26. The Morgan fingerprint density at radius 1 is 1.08 bits per heavy atom. The number of allylic oxidation sites excluding steroid dienone is 1. The van der Waals surface area contributed by atoms with E-state index in [0.717, 1.165) is 17.5 Å². The van der Waals surface area contributed by atoms with Gasteiger partial charge in [0.1, 0.15) is 0 Å². The van der Waals surface area contributed by atoms with Crippen LogP contribution in [-0.4, -0.2) is 17.1 Å². The molecule has 1 aliphatic rings. The summed E-state index contributed by atoms with van der Waals surface area (Å²) in [4.78, 5) is 32.7. The average Bonchev–Trinajstić information content (AvgIpc) is 3.17. The lowest BCUT2D eigenvalue weighted by molar-refractivity contribution is -0.139. The van der Waals surface area contributed by atoms with Crippen LogP contribution >= 0.6 is 11.3 Å². The molecule has 200 valence electrons. The van der Waals surface area contributed by atoms with Crippen LogP contribution in [0, 0.1) is 0 Å². The molecule has 0 fully saturated rings. The number of hydrogen-bond acceptors (Lipinski definition) is 5. The van der Waals surface area contributed by atoms with E-state index < -0.39 is 12.0 Å². The smallest absolute Gasteiger partial charge is 0.338 e. The lowest BCUT2D eigenvalue weighted by atomic mass is 9.87. The SMILES string of the molecule is CCCC1=C(C(=O)OCC)[C@H](c2ccc(C(C)C)cc2)n2c(s/c(=C\c3ccc(C(C)(C)C)cc3)c2=O)=N1. The van der Waals surface area contributed by atoms with Crippen molar-refractivity contribution in [2.45, 2.75) is 78.7 Å². The standard InChI is InChI=1S/C32H38N2O3S/c1-8-10-25-27(30(36)37-9-2)28(23-15-13-22(14-16-23)20(3)4)34-29(35)26(38-31(34)33-25)19-21-11-17-24(18-12-21)32(5,6)7/h11-20,28H,8-10H2,1-7H3/b26-19-/t28-/m0/s1. The molecule has 6 heteroatoms. The fourth-order valence-electron chi connectivity index (χ4n) is 4.73. The highest BCUT2D eigenvalue weighted by molar-refractivity contribution is 7.07. The minimum atomic E-state index is -0.585. The Bertz CT molecular complexity index is 1520. The predicted octanol–water partition coefficient (Wildman–Crippen LogP) is 6.00. The van der Waals surface area contributed by atoms with Crippen LogP contribution < -0.4 is 14.9 Å². The van der Waals surface area contributed by atoms with Crippen molar-refractivity contribution in [3.05, 3.63) is 102 Å². The molecule has 1 aromatic heterocycles. The van der Waals surface area contributed by atoms with Crippen molar-refractivity contribution >= 4 is 23.4 Å². The van der Waals surface area contributed by atoms with Gasteiger partial charge in [0, 0.05) is 0 Å². The van der Waals surface area contributed by atoms with E-state index in [2.05, 4.69) is 65.8 Å². The zero-order chi connectivity index (χ0) is 27.6. The van der Waals surface area contributed by atoms with Crippen molar-refractivity contribution in [1.82, 2.24) is 4.57 Å². The normalized spacial score (nSPS) is 16.0. The van der Waals surface area contributed by atoms with Crippen LogP contribution in [0.15, 0.2) is 69.6 Å². The molecule has 2 aromatic carbocycles. The van der Waals surface area contributed by atoms with Crippen LogP contribution in [0.3, 0.4) is 0 Å². The molecule has 0 aliphatic carbocycles. The summed E-state index contributed by atoms with van der Waals surface area (Å²) in [6, 6.07) is 15.9. The molecule has 1 atom stereocenters. The maximum absolute atomic E-state index is 13.9. The van der Waals surface area contributed by atoms with E-state index in [1.54, 1.807) is 11.5 Å². The van der Waals surface area contributed by atoms with Gasteiger partial charge in [0.25, 0.3) is 5.56 Å². The summed E-state index contributed by atoms with van der Waals surface area (Å²) in [5.74, 6) is -0.0314. The number of thiazole rings is 1. The molecule has 0 spiro atoms. The summed E-state index contributed by atoms with van der Waals surface area (Å²) in [6.07, 6.45) is 3.38. The van der Waals surface area contributed by atoms with Crippen LogP contribution in [0.4, 0.5) is 0 Å². The molecule has 0 amide bonds. The second-order valence-corrected chi connectivity index (χ2v) is 12.1. The Kier molecular flexibility index (Phi) is 8.22. The highest BCUT2D eigenvalue weighted by Gasteiger charge is 2.34. The zero-order valence-electron chi connectivity index (χ0n) is 23.5. The topological polar surface area (TPSA) is 60.7 Å². The maximum Gasteiger partial charge on any atom is 0.338 e. The zero-order valence-corrected chi connectivity index (χ0v) is 24.3. The Morgan fingerprint density at radius 2 is 1.74 bits per heavy atom. The third kappa shape index (κ3) is 5.60. The number of esters is 1. The van der Waals surface area contributed by atoms with Gasteiger partial charge >= 0.3 is 5.97 Å². The average molecular weight is 531 g/mol. The van der Waals surface area contributed by atoms with Crippen molar-refractivity contribution in [2.24, 2.45) is 4.99 Å². The third-order valence-corrected chi connectivity index (χ3v) is 7.87. The summed E-state index contributed by atoms with van der Waals surface area (Å²) in [5.41, 5.74) is 5.35. The molecule has 0 unspecified atom stereocenters. The van der Waals surface area contributed by atoms with Crippen molar-refractivity contribution in [3.8, 4) is 0 Å². The van der Waals surface area contributed by atoms with Crippen LogP contribution in [-0.2, 0) is 14.9 Å². The molecule has 3 aromatic rings. The van der Waals surface area contributed by atoms with Crippen molar-refractivity contribution in [2.75, 3.05) is 6.61 Å². The minimum Gasteiger partial charge on any atom is -0.463 e. The van der Waals surface area contributed by atoms with E-state index in [4.69, 9.17) is 9.73 Å². The van der Waals surface area contributed by atoms with E-state index in [9.17, 15) is 9.59 Å². The Hall–Kier alpha value is -3.25. The first kappa shape index (κ1) is 27.8. The van der Waals surface area contributed by atoms with E-state index in [1.165, 1.54) is 22.5 Å². The number of ether oxygens (including phenoxy) is 1. The quantitative estimate of drug-likeness (QED) is 0.352. The van der Waals surface area contributed by atoms with Gasteiger partial charge in [0.15, 0.2) is 4.80 Å².